The van der Waals surface area contributed by atoms with E-state index in [0.29, 0.717) is 0 Å². The van der Waals surface area contributed by atoms with Crippen molar-refractivity contribution in [3.63, 3.8) is 0 Å². The van der Waals surface area contributed by atoms with Crippen LogP contribution in [0, 0.1) is 0 Å². The molecule has 4 aromatic carbocycles. The highest BCUT2D eigenvalue weighted by atomic mass is 16.7. The molecule has 34 N–H and O–H groups in total. The lowest BCUT2D eigenvalue weighted by atomic mass is 9.99. The summed E-state index contributed by atoms with van der Waals surface area (Å²) in [5.41, 5.74) is -2.06. The summed E-state index contributed by atoms with van der Waals surface area (Å²) in [4.78, 5) is 36.4. The van der Waals surface area contributed by atoms with E-state index in [-0.39, 0.29) is 66.4 Å². The highest BCUT2D eigenvalue weighted by Gasteiger charge is 2.52. The molecule has 0 aliphatic carbocycles. The van der Waals surface area contributed by atoms with Crippen molar-refractivity contribution in [3.05, 3.63) is 48.5 Å². The first-order chi connectivity index (χ1) is 64.6. The molecule has 8 unspecified atom stereocenters. The lowest BCUT2D eigenvalue weighted by Gasteiger charge is -2.38. The Kier molecular flexibility index (Phi) is 28.7. The molecular formula is C80H98N8O48. The van der Waals surface area contributed by atoms with Crippen LogP contribution in [0.5, 0.6) is 46.0 Å². The highest BCUT2D eigenvalue weighted by Crippen LogP contribution is 2.49. The lowest BCUT2D eigenvalue weighted by Crippen LogP contribution is -2.59. The van der Waals surface area contributed by atoms with Crippen LogP contribution in [0.2, 0.25) is 0 Å². The zero-order valence-electron chi connectivity index (χ0n) is 69.9. The van der Waals surface area contributed by atoms with Gasteiger partial charge in [-0.05, 0) is 48.5 Å². The molecule has 0 amide bonds. The first-order valence-corrected chi connectivity index (χ1v) is 42.2. The standard InChI is InChI=1S/C80H98N8O48/c89-41-33(129-73(113)57(105)49(41)97)9-121-25-1-17-18(2-26(25)122-10-34-42(90)50(98)58(106)74(114)130-34)66-81-65(17)85-67-19-3-27(123-11-35-43(91)51(99)59(107)75(115)131-35)28(124-12-36-44(92)52(100)60(108)76(116)132-36)4-20(19)69(82-67)87-71-23-7-31(127-15-39-47(95)55(103)63(111)79(119)135-39)32(128-16-40-48(96)56(104)64(112)80(120)136-40)8-24(23)72(84-71)88-70-22-6-30(126-14-38-46(94)54(102)62(110)78(118)134-38)29(5-21(22)68(83-70)86-66)125-13-37-45(93)53(101)61(109)77(117)133-37/h1-8,33-64,73-80,89-120H,9-16H2,(H2,81,82,83,84,85,86,87,88)/t33-,34-,35-,36-,37-,38-,39-,40-,41+,42+,43+,44+,45+,46+,47+,48+,49+,50+,51+,52+,53+,54+,55+,56+,57-,58-,59-,60-,61-,62-,63-,64-,73?,74?,75?,76?,77?,78?,79?,80?/m1/s1. The van der Waals surface area contributed by atoms with E-state index >= 15 is 0 Å². The highest BCUT2D eigenvalue weighted by molar-refractivity contribution is 6.08. The Morgan fingerprint density at radius 2 is 0.309 bits per heavy atom. The van der Waals surface area contributed by atoms with Crippen LogP contribution >= 0.6 is 0 Å². The molecule has 136 heavy (non-hydrogen) atoms. The fourth-order valence-electron chi connectivity index (χ4n) is 16.6. The second kappa shape index (κ2) is 39.6. The molecule has 7 aromatic rings. The third-order valence-corrected chi connectivity index (χ3v) is 24.8. The Morgan fingerprint density at radius 1 is 0.176 bits per heavy atom. The second-order valence-corrected chi connectivity index (χ2v) is 33.8. The quantitative estimate of drug-likeness (QED) is 0.0267. The number of benzene rings is 4. The number of aromatic nitrogens is 8. The van der Waals surface area contributed by atoms with Gasteiger partial charge in [0.15, 0.2) is 120 Å². The van der Waals surface area contributed by atoms with Gasteiger partial charge >= 0.3 is 0 Å². The molecule has 10 aliphatic heterocycles. The van der Waals surface area contributed by atoms with Crippen molar-refractivity contribution in [2.75, 3.05) is 52.9 Å². The van der Waals surface area contributed by atoms with Gasteiger partial charge in [-0.15, -0.1) is 0 Å². The van der Waals surface area contributed by atoms with Crippen LogP contribution < -0.4 is 37.9 Å². The summed E-state index contributed by atoms with van der Waals surface area (Å²) in [6.45, 7) is -6.85. The van der Waals surface area contributed by atoms with Crippen LogP contribution in [0.3, 0.4) is 0 Å². The molecule has 10 aliphatic rings. The summed E-state index contributed by atoms with van der Waals surface area (Å²) in [5, 5.41) is 346. The molecule has 56 nitrogen and oxygen atoms in total. The fourth-order valence-corrected chi connectivity index (χ4v) is 16.6. The number of aliphatic hydroxyl groups excluding tert-OH is 32. The number of hydrogen-bond donors (Lipinski definition) is 34. The number of nitrogens with zero attached hydrogens (tertiary/aromatic N) is 6. The number of fused-ring (bicyclic) bond motifs is 20. The zero-order chi connectivity index (χ0) is 97.2. The van der Waals surface area contributed by atoms with Gasteiger partial charge in [-0.1, -0.05) is 0 Å². The topological polar surface area (TPSA) is 904 Å². The predicted octanol–water partition coefficient (Wildman–Crippen LogP) is -15.7. The Bertz CT molecular complexity index is 4970. The van der Waals surface area contributed by atoms with Crippen molar-refractivity contribution in [2.45, 2.75) is 246 Å². The molecule has 8 bridgehead atoms. The van der Waals surface area contributed by atoms with E-state index in [1.807, 2.05) is 0 Å². The average molecular weight is 1940 g/mol. The van der Waals surface area contributed by atoms with Crippen LogP contribution in [0.15, 0.2) is 48.5 Å². The maximum atomic E-state index is 11.3. The number of rotatable bonds is 24. The smallest absolute Gasteiger partial charge is 0.184 e. The van der Waals surface area contributed by atoms with Gasteiger partial charge in [0.2, 0.25) is 0 Å². The summed E-state index contributed by atoms with van der Waals surface area (Å²) in [6, 6.07) is 9.54. The number of nitrogens with one attached hydrogen (secondary N) is 2. The van der Waals surface area contributed by atoms with Gasteiger partial charge in [-0.3, -0.25) is 0 Å². The van der Waals surface area contributed by atoms with E-state index in [1.165, 1.54) is 48.5 Å². The Balaban J connectivity index is 0.935. The van der Waals surface area contributed by atoms with E-state index in [2.05, 4.69) is 9.97 Å². The average Bonchev–Trinajstić information content (AvgIpc) is 1.58. The Labute approximate surface area is 759 Å². The third-order valence-electron chi connectivity index (χ3n) is 24.8. The minimum absolute atomic E-state index is 0.134. The number of hydrogen-bond acceptors (Lipinski definition) is 54. The van der Waals surface area contributed by atoms with Crippen LogP contribution in [-0.4, -0.2) is 502 Å². The van der Waals surface area contributed by atoms with Crippen molar-refractivity contribution in [3.8, 4) is 91.5 Å². The molecule has 0 saturated carbocycles. The molecule has 8 saturated heterocycles. The van der Waals surface area contributed by atoms with E-state index < -0.39 is 368 Å². The lowest BCUT2D eigenvalue weighted by molar-refractivity contribution is -0.286. The summed E-state index contributed by atoms with van der Waals surface area (Å²) in [6.07, 6.45) is -79.7. The van der Waals surface area contributed by atoms with Crippen LogP contribution in [0.4, 0.5) is 0 Å². The van der Waals surface area contributed by atoms with E-state index in [0.717, 1.165) is 0 Å². The molecule has 40 atom stereocenters. The molecular weight excluding hydrogens is 1840 g/mol. The largest absolute Gasteiger partial charge is 0.487 e. The summed E-state index contributed by atoms with van der Waals surface area (Å²) >= 11 is 0. The van der Waals surface area contributed by atoms with Gasteiger partial charge < -0.3 is 249 Å². The number of ether oxygens (including phenoxy) is 16. The van der Waals surface area contributed by atoms with Gasteiger partial charge in [0.1, 0.15) is 271 Å². The number of aromatic amines is 2. The van der Waals surface area contributed by atoms with E-state index in [4.69, 9.17) is 106 Å². The molecule has 0 radical (unpaired) electrons. The maximum absolute atomic E-state index is 11.3. The van der Waals surface area contributed by atoms with Crippen molar-refractivity contribution in [1.29, 1.82) is 0 Å². The normalized spacial score (nSPS) is 39.2. The SMILES string of the molecule is OC1O[C@H](COc2cc3c(cc2OC[C@H]2OC(O)[C@H](O)[C@@H](O)[C@H]2O)-c2nc-3nc3[nH]c(nc4nc(nc5[nH]c(n2)c2cc(OC[C@H]6OC(O)[C@H](O)[C@@H](O)[C@H]6O)c(OC[C@H]6OC(O)[C@H](O)[C@@H](O)[C@H]6O)cc52)-c2cc(OC[C@H]5OC(O)[C@H](O)[C@@H](O)[C@H]5O)c(OC[C@H]5OC(O)[C@H](O)[C@@H](O)[C@H]5O)cc2-4)c2cc(OC[C@H]4OC(O)[C@H](O)[C@@H](O)[C@H]4O)c(OC[C@H]4OC(O)[C@H](O)[C@@H](O)[C@H]4O)cc32)[C@H](O)[C@H](O)[C@H]1O. The van der Waals surface area contributed by atoms with Crippen molar-refractivity contribution in [1.82, 2.24) is 39.9 Å². The first-order valence-electron chi connectivity index (χ1n) is 42.2. The van der Waals surface area contributed by atoms with E-state index in [1.54, 1.807) is 0 Å². The molecule has 56 heteroatoms. The van der Waals surface area contributed by atoms with Crippen LogP contribution in [0.1, 0.15) is 0 Å². The summed E-state index contributed by atoms with van der Waals surface area (Å²) < 4.78 is 94.2. The number of aliphatic hydroxyl groups is 32. The number of H-pyrrole nitrogens is 2. The predicted molar refractivity (Wildman–Crippen MR) is 431 cm³/mol. The Morgan fingerprint density at radius 3 is 0.449 bits per heavy atom. The van der Waals surface area contributed by atoms with E-state index in [9.17, 15) is 163 Å². The van der Waals surface area contributed by atoms with Gasteiger partial charge in [0.25, 0.3) is 0 Å². The van der Waals surface area contributed by atoms with Crippen LogP contribution in [0.25, 0.3) is 89.7 Å². The molecule has 0 spiro atoms. The Hall–Kier alpha value is -8.96. The third kappa shape index (κ3) is 18.9. The van der Waals surface area contributed by atoms with Crippen molar-refractivity contribution in [2.24, 2.45) is 0 Å². The minimum Gasteiger partial charge on any atom is -0.487 e. The maximum Gasteiger partial charge on any atom is 0.184 e. The fraction of sp³-hybridized carbons (Fsp3) is 0.600. The van der Waals surface area contributed by atoms with Crippen molar-refractivity contribution < 1.29 is 239 Å². The van der Waals surface area contributed by atoms with Gasteiger partial charge in [-0.2, -0.15) is 0 Å². The minimum atomic E-state index is -2.14. The summed E-state index contributed by atoms with van der Waals surface area (Å²) in [7, 11) is 0. The first kappa shape index (κ1) is 98.6. The van der Waals surface area contributed by atoms with Gasteiger partial charge in [0.05, 0.1) is 0 Å². The van der Waals surface area contributed by atoms with Gasteiger partial charge in [0, 0.05) is 43.8 Å². The van der Waals surface area contributed by atoms with Crippen LogP contribution in [-0.2, 0) is 37.9 Å². The second-order valence-electron chi connectivity index (χ2n) is 33.8. The molecule has 3 aromatic heterocycles. The summed E-state index contributed by atoms with van der Waals surface area (Å²) in [5.74, 6) is -5.21. The monoisotopic (exact) mass is 1940 g/mol. The van der Waals surface area contributed by atoms with Gasteiger partial charge in [-0.25, -0.2) is 29.9 Å². The van der Waals surface area contributed by atoms with Crippen molar-refractivity contribution >= 4 is 44.1 Å². The molecule has 13 heterocycles. The zero-order valence-corrected chi connectivity index (χ0v) is 69.9. The molecule has 8 fully saturated rings. The molecule has 17 rings (SSSR count). The molecule has 746 valence electrons.